The Morgan fingerprint density at radius 2 is 1.80 bits per heavy atom. The van der Waals surface area contributed by atoms with Gasteiger partial charge in [0, 0.05) is 13.3 Å². The van der Waals surface area contributed by atoms with Gasteiger partial charge in [-0.2, -0.15) is 0 Å². The lowest BCUT2D eigenvalue weighted by Crippen LogP contribution is -2.72. The first-order valence-corrected chi connectivity index (χ1v) is 9.26. The van der Waals surface area contributed by atoms with Crippen LogP contribution in [0.4, 0.5) is 5.69 Å². The van der Waals surface area contributed by atoms with Gasteiger partial charge in [-0.25, -0.2) is 8.42 Å². The van der Waals surface area contributed by atoms with Crippen LogP contribution in [-0.4, -0.2) is 38.1 Å². The molecule has 0 aliphatic carbocycles. The normalized spacial score (nSPS) is 11.3. The first-order valence-electron chi connectivity index (χ1n) is 7.93. The van der Waals surface area contributed by atoms with Gasteiger partial charge in [-0.15, -0.1) is 0 Å². The van der Waals surface area contributed by atoms with Crippen LogP contribution < -0.4 is 15.8 Å². The van der Waals surface area contributed by atoms with Gasteiger partial charge >= 0.3 is 0 Å². The van der Waals surface area contributed by atoms with Crippen LogP contribution in [0.1, 0.15) is 40.0 Å². The molecule has 0 saturated heterocycles. The van der Waals surface area contributed by atoms with Crippen LogP contribution in [0.15, 0.2) is 24.3 Å². The van der Waals surface area contributed by atoms with E-state index in [9.17, 15) is 17.8 Å². The highest BCUT2D eigenvalue weighted by molar-refractivity contribution is 7.80. The van der Waals surface area contributed by atoms with Crippen LogP contribution in [0.3, 0.4) is 0 Å². The molecule has 0 saturated carbocycles. The number of rotatable bonds is 8. The molecule has 0 aliphatic heterocycles. The van der Waals surface area contributed by atoms with Gasteiger partial charge in [0.05, 0.1) is 24.9 Å². The Kier molecular flexibility index (Phi) is 10.3. The molecule has 8 nitrogen and oxygen atoms in total. The number of nitrogens with one attached hydrogen (secondary N) is 1. The number of hydrogen-bond donors (Lipinski definition) is 2. The number of quaternary nitrogens is 1. The highest BCUT2D eigenvalue weighted by Crippen LogP contribution is 2.24. The molecule has 25 heavy (non-hydrogen) atoms. The van der Waals surface area contributed by atoms with Gasteiger partial charge < -0.3 is 20.3 Å². The average molecular weight is 376 g/mol. The summed E-state index contributed by atoms with van der Waals surface area (Å²) in [5.41, 5.74) is 5.07. The van der Waals surface area contributed by atoms with E-state index in [1.54, 1.807) is 0 Å². The van der Waals surface area contributed by atoms with E-state index in [2.05, 4.69) is 29.1 Å². The summed E-state index contributed by atoms with van der Waals surface area (Å²) < 4.78 is 36.8. The molecular weight excluding hydrogens is 348 g/mol. The Balaban J connectivity index is 0.000000823. The zero-order chi connectivity index (χ0) is 19.5. The molecule has 0 aliphatic rings. The molecule has 0 atom stereocenters. The summed E-state index contributed by atoms with van der Waals surface area (Å²) in [6.45, 7) is 6.41. The largest absolute Gasteiger partial charge is 0.726 e. The Morgan fingerprint density at radius 1 is 1.28 bits per heavy atom. The first-order chi connectivity index (χ1) is 11.6. The predicted molar refractivity (Wildman–Crippen MR) is 93.8 cm³/mol. The molecule has 0 fully saturated rings. The fourth-order valence-corrected chi connectivity index (χ4v) is 1.87. The Bertz CT molecular complexity index is 629. The van der Waals surface area contributed by atoms with Gasteiger partial charge in [-0.3, -0.25) is 8.98 Å². The topological polar surface area (TPSA) is 132 Å². The van der Waals surface area contributed by atoms with E-state index < -0.39 is 10.4 Å². The summed E-state index contributed by atoms with van der Waals surface area (Å²) in [6, 6.07) is 7.49. The van der Waals surface area contributed by atoms with Crippen molar-refractivity contribution in [3.63, 3.8) is 0 Å². The van der Waals surface area contributed by atoms with E-state index in [4.69, 9.17) is 4.74 Å². The van der Waals surface area contributed by atoms with Crippen molar-refractivity contribution in [1.29, 1.82) is 0 Å². The molecule has 1 aromatic carbocycles. The molecular formula is C16H28N2O6S. The number of ether oxygens (including phenoxy) is 1. The van der Waals surface area contributed by atoms with Gasteiger partial charge in [0.1, 0.15) is 5.75 Å². The average Bonchev–Trinajstić information content (AvgIpc) is 2.55. The highest BCUT2D eigenvalue weighted by atomic mass is 32.3. The molecule has 0 radical (unpaired) electrons. The molecule has 9 heteroatoms. The van der Waals surface area contributed by atoms with E-state index in [1.807, 2.05) is 24.3 Å². The van der Waals surface area contributed by atoms with Gasteiger partial charge in [0.25, 0.3) is 0 Å². The molecule has 1 amide bonds. The number of carbonyl (C=O) groups excluding carboxylic acids is 1. The fourth-order valence-electron chi connectivity index (χ4n) is 1.87. The van der Waals surface area contributed by atoms with E-state index in [0.717, 1.165) is 32.1 Å². The minimum Gasteiger partial charge on any atom is -0.726 e. The molecule has 0 unspecified atom stereocenters. The van der Waals surface area contributed by atoms with Crippen molar-refractivity contribution in [2.24, 2.45) is 0 Å². The zero-order valence-corrected chi connectivity index (χ0v) is 16.0. The molecule has 0 aromatic heterocycles. The zero-order valence-electron chi connectivity index (χ0n) is 15.2. The third kappa shape index (κ3) is 10.7. The monoisotopic (exact) mass is 376 g/mol. The van der Waals surface area contributed by atoms with Crippen LogP contribution >= 0.6 is 0 Å². The first kappa shape index (κ1) is 23.3. The number of amides is 1. The lowest BCUT2D eigenvalue weighted by molar-refractivity contribution is -0.482. The number of carbonyl (C=O) groups is 1. The van der Waals surface area contributed by atoms with Gasteiger partial charge in [0.2, 0.25) is 16.3 Å². The SMILES string of the molecule is CCC([NH3+])(CC)CCOc1ccccc1NC(C)=O.COS(=O)(=O)[O-]. The lowest BCUT2D eigenvalue weighted by atomic mass is 9.91. The maximum absolute atomic E-state index is 11.1. The second-order valence-electron chi connectivity index (χ2n) is 5.56. The van der Waals surface area contributed by atoms with Crippen LogP contribution in [-0.2, 0) is 19.4 Å². The van der Waals surface area contributed by atoms with Crippen LogP contribution in [0.25, 0.3) is 0 Å². The summed E-state index contributed by atoms with van der Waals surface area (Å²) in [6.07, 6.45) is 2.99. The second-order valence-corrected chi connectivity index (χ2v) is 6.71. The smallest absolute Gasteiger partial charge is 0.221 e. The molecule has 1 rings (SSSR count). The third-order valence-corrected chi connectivity index (χ3v) is 4.20. The minimum absolute atomic E-state index is 0.0863. The second kappa shape index (κ2) is 11.0. The van der Waals surface area contributed by atoms with E-state index in [0.29, 0.717) is 12.4 Å². The molecule has 1 aromatic rings. The summed E-state index contributed by atoms with van der Waals surface area (Å²) >= 11 is 0. The number of para-hydroxylation sites is 2. The molecule has 144 valence electrons. The number of hydrogen-bond acceptors (Lipinski definition) is 6. The summed E-state index contributed by atoms with van der Waals surface area (Å²) in [4.78, 5) is 11.1. The Hall–Kier alpha value is -1.68. The van der Waals surface area contributed by atoms with Gasteiger partial charge in [0.15, 0.2) is 0 Å². The Morgan fingerprint density at radius 3 is 2.24 bits per heavy atom. The van der Waals surface area contributed by atoms with E-state index >= 15 is 0 Å². The van der Waals surface area contributed by atoms with Crippen molar-refractivity contribution >= 4 is 22.0 Å². The van der Waals surface area contributed by atoms with Crippen LogP contribution in [0, 0.1) is 0 Å². The Labute approximate surface area is 149 Å². The van der Waals surface area contributed by atoms with Crippen molar-refractivity contribution < 1.29 is 32.4 Å². The fraction of sp³-hybridized carbons (Fsp3) is 0.562. The molecule has 0 spiro atoms. The highest BCUT2D eigenvalue weighted by Gasteiger charge is 2.24. The number of benzene rings is 1. The summed E-state index contributed by atoms with van der Waals surface area (Å²) in [7, 11) is -3.60. The van der Waals surface area contributed by atoms with Crippen molar-refractivity contribution in [1.82, 2.24) is 0 Å². The van der Waals surface area contributed by atoms with E-state index in [-0.39, 0.29) is 11.4 Å². The van der Waals surface area contributed by atoms with E-state index in [1.165, 1.54) is 6.92 Å². The quantitative estimate of drug-likeness (QED) is 0.519. The van der Waals surface area contributed by atoms with Crippen LogP contribution in [0.5, 0.6) is 5.75 Å². The third-order valence-electron chi connectivity index (χ3n) is 3.79. The molecule has 0 heterocycles. The van der Waals surface area contributed by atoms with Gasteiger partial charge in [-0.05, 0) is 25.0 Å². The lowest BCUT2D eigenvalue weighted by Gasteiger charge is -2.23. The number of anilines is 1. The van der Waals surface area contributed by atoms with Gasteiger partial charge in [-0.1, -0.05) is 26.0 Å². The predicted octanol–water partition coefficient (Wildman–Crippen LogP) is 1.31. The molecule has 4 N–H and O–H groups in total. The van der Waals surface area contributed by atoms with Crippen molar-refractivity contribution in [3.05, 3.63) is 24.3 Å². The van der Waals surface area contributed by atoms with Crippen molar-refractivity contribution in [3.8, 4) is 5.75 Å². The molecule has 0 bridgehead atoms. The summed E-state index contributed by atoms with van der Waals surface area (Å²) in [5, 5.41) is 2.77. The minimum atomic E-state index is -4.41. The maximum atomic E-state index is 11.1. The van der Waals surface area contributed by atoms with Crippen molar-refractivity contribution in [2.45, 2.75) is 45.6 Å². The van der Waals surface area contributed by atoms with Crippen molar-refractivity contribution in [2.75, 3.05) is 19.0 Å². The standard InChI is InChI=1S/C15H24N2O2.CH4O4S/c1-4-15(16,5-2)10-11-19-14-9-7-6-8-13(14)17-12(3)18;1-5-6(2,3)4/h6-9H,4-5,10-11,16H2,1-3H3,(H,17,18);1H3,(H,2,3,4). The summed E-state index contributed by atoms with van der Waals surface area (Å²) in [5.74, 6) is 0.622. The van der Waals surface area contributed by atoms with Crippen LogP contribution in [0.2, 0.25) is 0 Å². The maximum Gasteiger partial charge on any atom is 0.221 e.